The van der Waals surface area contributed by atoms with Gasteiger partial charge in [-0.25, -0.2) is 12.8 Å². The Hall–Kier alpha value is -2.54. The summed E-state index contributed by atoms with van der Waals surface area (Å²) < 4.78 is 69.1. The zero-order valence-electron chi connectivity index (χ0n) is 18.4. The first-order valence-electron chi connectivity index (χ1n) is 10.5. The third-order valence-corrected chi connectivity index (χ3v) is 8.98. The zero-order chi connectivity index (χ0) is 24.2. The smallest absolute Gasteiger partial charge is 0.282 e. The van der Waals surface area contributed by atoms with E-state index in [4.69, 9.17) is 0 Å². The van der Waals surface area contributed by atoms with Crippen LogP contribution < -0.4 is 4.72 Å². The Kier molecular flexibility index (Phi) is 7.73. The lowest BCUT2D eigenvalue weighted by Crippen LogP contribution is -2.54. The third kappa shape index (κ3) is 5.52. The summed E-state index contributed by atoms with van der Waals surface area (Å²) in [5, 5.41) is 0. The first-order chi connectivity index (χ1) is 15.6. The van der Waals surface area contributed by atoms with E-state index in [1.807, 2.05) is 0 Å². The van der Waals surface area contributed by atoms with Gasteiger partial charge in [0.25, 0.3) is 26.1 Å². The van der Waals surface area contributed by atoms with Crippen molar-refractivity contribution in [3.8, 4) is 0 Å². The van der Waals surface area contributed by atoms with Crippen LogP contribution in [-0.2, 0) is 20.2 Å². The topological polar surface area (TPSA) is 107 Å². The molecule has 0 unspecified atom stereocenters. The third-order valence-electron chi connectivity index (χ3n) is 5.41. The number of sulfonamides is 1. The maximum atomic E-state index is 13.2. The number of benzene rings is 2. The average Bonchev–Trinajstić information content (AvgIpc) is 2.80. The van der Waals surface area contributed by atoms with Gasteiger partial charge in [0.1, 0.15) is 5.82 Å². The van der Waals surface area contributed by atoms with E-state index >= 15 is 0 Å². The van der Waals surface area contributed by atoms with Crippen molar-refractivity contribution in [1.82, 2.24) is 13.5 Å². The van der Waals surface area contributed by atoms with E-state index in [1.54, 1.807) is 26.0 Å². The number of piperazine rings is 1. The minimum absolute atomic E-state index is 0.0880. The number of hydrogen-bond donors (Lipinski definition) is 1. The van der Waals surface area contributed by atoms with Gasteiger partial charge in [-0.1, -0.05) is 26.0 Å². The molecule has 33 heavy (non-hydrogen) atoms. The van der Waals surface area contributed by atoms with Crippen molar-refractivity contribution >= 4 is 31.8 Å². The molecule has 1 aliphatic heterocycles. The summed E-state index contributed by atoms with van der Waals surface area (Å²) in [6.07, 6.45) is 0. The van der Waals surface area contributed by atoms with Gasteiger partial charge in [-0.15, -0.1) is 0 Å². The lowest BCUT2D eigenvalue weighted by Gasteiger charge is -2.36. The fourth-order valence-electron chi connectivity index (χ4n) is 3.58. The van der Waals surface area contributed by atoms with E-state index in [0.717, 1.165) is 24.3 Å². The van der Waals surface area contributed by atoms with Crippen molar-refractivity contribution in [2.24, 2.45) is 0 Å². The molecular weight excluding hydrogens is 471 g/mol. The fraction of sp³-hybridized carbons (Fsp3) is 0.381. The summed E-state index contributed by atoms with van der Waals surface area (Å²) in [6.45, 7) is 4.91. The van der Waals surface area contributed by atoms with Crippen LogP contribution in [-0.4, -0.2) is 75.5 Å². The molecule has 180 valence electrons. The molecule has 0 bridgehead atoms. The molecule has 9 nitrogen and oxygen atoms in total. The maximum Gasteiger partial charge on any atom is 0.282 e. The van der Waals surface area contributed by atoms with Crippen molar-refractivity contribution in [3.05, 3.63) is 59.9 Å². The molecule has 1 fully saturated rings. The second-order valence-electron chi connectivity index (χ2n) is 7.39. The fourth-order valence-corrected chi connectivity index (χ4v) is 6.27. The minimum atomic E-state index is -4.04. The quantitative estimate of drug-likeness (QED) is 0.599. The lowest BCUT2D eigenvalue weighted by molar-refractivity contribution is 0.0695. The molecule has 0 aliphatic carbocycles. The lowest BCUT2D eigenvalue weighted by atomic mass is 10.1. The Morgan fingerprint density at radius 3 is 2.09 bits per heavy atom. The summed E-state index contributed by atoms with van der Waals surface area (Å²) in [5.41, 5.74) is 0.230. The molecular formula is C21H27FN4O5S2. The Bertz CT molecular complexity index is 1190. The van der Waals surface area contributed by atoms with Gasteiger partial charge in [0.05, 0.1) is 16.1 Å². The second-order valence-corrected chi connectivity index (χ2v) is 11.0. The van der Waals surface area contributed by atoms with E-state index in [0.29, 0.717) is 13.1 Å². The van der Waals surface area contributed by atoms with Crippen molar-refractivity contribution in [2.45, 2.75) is 18.7 Å². The summed E-state index contributed by atoms with van der Waals surface area (Å²) in [5.74, 6) is -0.973. The van der Waals surface area contributed by atoms with Gasteiger partial charge in [-0.3, -0.25) is 9.52 Å². The molecule has 0 spiro atoms. The Balaban J connectivity index is 1.75. The molecule has 2 aromatic carbocycles. The summed E-state index contributed by atoms with van der Waals surface area (Å²) in [6, 6.07) is 10.5. The van der Waals surface area contributed by atoms with Crippen LogP contribution in [0.3, 0.4) is 0 Å². The molecule has 1 saturated heterocycles. The normalized spacial score (nSPS) is 15.6. The highest BCUT2D eigenvalue weighted by atomic mass is 32.2. The van der Waals surface area contributed by atoms with Crippen LogP contribution in [0.15, 0.2) is 53.4 Å². The van der Waals surface area contributed by atoms with Gasteiger partial charge in [-0.05, 0) is 36.4 Å². The largest absolute Gasteiger partial charge is 0.336 e. The number of carbonyl (C=O) groups excluding carboxylic acids is 1. The molecule has 0 radical (unpaired) electrons. The first kappa shape index (κ1) is 25.1. The number of hydrogen-bond acceptors (Lipinski definition) is 5. The van der Waals surface area contributed by atoms with Crippen LogP contribution in [0.1, 0.15) is 24.2 Å². The van der Waals surface area contributed by atoms with Crippen LogP contribution in [0.5, 0.6) is 0 Å². The van der Waals surface area contributed by atoms with Gasteiger partial charge in [0, 0.05) is 39.3 Å². The molecule has 1 N–H and O–H groups in total. The number of halogens is 1. The molecule has 0 aromatic heterocycles. The Morgan fingerprint density at radius 2 is 1.52 bits per heavy atom. The number of rotatable bonds is 8. The SMILES string of the molecule is CCN(CC)S(=O)(=O)N1CCN(C(=O)c2ccccc2NS(=O)(=O)c2ccc(F)cc2)CC1. The number of nitrogens with zero attached hydrogens (tertiary/aromatic N) is 3. The van der Waals surface area contributed by atoms with Crippen molar-refractivity contribution in [3.63, 3.8) is 0 Å². The summed E-state index contributed by atoms with van der Waals surface area (Å²) >= 11 is 0. The van der Waals surface area contributed by atoms with Crippen LogP contribution in [0.25, 0.3) is 0 Å². The Morgan fingerprint density at radius 1 is 0.939 bits per heavy atom. The van der Waals surface area contributed by atoms with Gasteiger partial charge in [0.15, 0.2) is 0 Å². The molecule has 2 aromatic rings. The van der Waals surface area contributed by atoms with E-state index in [1.165, 1.54) is 25.6 Å². The Labute approximate surface area is 194 Å². The van der Waals surface area contributed by atoms with Crippen molar-refractivity contribution < 1.29 is 26.0 Å². The highest BCUT2D eigenvalue weighted by Crippen LogP contribution is 2.23. The molecule has 1 aliphatic rings. The molecule has 12 heteroatoms. The number of nitrogens with one attached hydrogen (secondary N) is 1. The number of anilines is 1. The molecule has 0 atom stereocenters. The van der Waals surface area contributed by atoms with E-state index < -0.39 is 32.0 Å². The van der Waals surface area contributed by atoms with E-state index in [2.05, 4.69) is 4.72 Å². The van der Waals surface area contributed by atoms with E-state index in [9.17, 15) is 26.0 Å². The molecule has 1 heterocycles. The standard InChI is InChI=1S/C21H27FN4O5S2/c1-3-25(4-2)33(30,31)26-15-13-24(14-16-26)21(27)19-7-5-6-8-20(19)23-32(28,29)18-11-9-17(22)10-12-18/h5-12,23H,3-4,13-16H2,1-2H3. The minimum Gasteiger partial charge on any atom is -0.336 e. The van der Waals surface area contributed by atoms with Crippen molar-refractivity contribution in [1.29, 1.82) is 0 Å². The highest BCUT2D eigenvalue weighted by molar-refractivity contribution is 7.92. The number of carbonyl (C=O) groups is 1. The van der Waals surface area contributed by atoms with Crippen LogP contribution in [0.4, 0.5) is 10.1 Å². The van der Waals surface area contributed by atoms with Crippen molar-refractivity contribution in [2.75, 3.05) is 44.0 Å². The van der Waals surface area contributed by atoms with Crippen LogP contribution in [0.2, 0.25) is 0 Å². The average molecular weight is 499 g/mol. The maximum absolute atomic E-state index is 13.2. The van der Waals surface area contributed by atoms with Gasteiger partial charge in [0.2, 0.25) is 0 Å². The zero-order valence-corrected chi connectivity index (χ0v) is 20.1. The predicted octanol–water partition coefficient (Wildman–Crippen LogP) is 1.97. The highest BCUT2D eigenvalue weighted by Gasteiger charge is 2.33. The second kappa shape index (κ2) is 10.2. The van der Waals surface area contributed by atoms with Gasteiger partial charge in [-0.2, -0.15) is 17.0 Å². The van der Waals surface area contributed by atoms with Gasteiger partial charge >= 0.3 is 0 Å². The van der Waals surface area contributed by atoms with Crippen LogP contribution in [0, 0.1) is 5.82 Å². The summed E-state index contributed by atoms with van der Waals surface area (Å²) in [7, 11) is -7.63. The molecule has 1 amide bonds. The predicted molar refractivity (Wildman–Crippen MR) is 123 cm³/mol. The number of amides is 1. The molecule has 3 rings (SSSR count). The first-order valence-corrected chi connectivity index (χ1v) is 13.4. The monoisotopic (exact) mass is 498 g/mol. The van der Waals surface area contributed by atoms with Gasteiger partial charge < -0.3 is 4.90 Å². The van der Waals surface area contributed by atoms with E-state index in [-0.39, 0.29) is 42.3 Å². The van der Waals surface area contributed by atoms with Crippen LogP contribution >= 0.6 is 0 Å². The molecule has 0 saturated carbocycles. The summed E-state index contributed by atoms with van der Waals surface area (Å²) in [4.78, 5) is 14.5. The number of para-hydroxylation sites is 1.